The third-order valence-corrected chi connectivity index (χ3v) is 9.09. The predicted molar refractivity (Wildman–Crippen MR) is 154 cm³/mol. The fourth-order valence-electron chi connectivity index (χ4n) is 4.33. The molecular formula is C27H32N3O4S3+. The summed E-state index contributed by atoms with van der Waals surface area (Å²) in [5, 5.41) is 5.04. The second-order valence-electron chi connectivity index (χ2n) is 8.97. The van der Waals surface area contributed by atoms with E-state index < -0.39 is 10.1 Å². The fraction of sp³-hybridized carbons (Fsp3) is 0.333. The number of nitrogens with zero attached hydrogens (tertiary/aromatic N) is 2. The van der Waals surface area contributed by atoms with Crippen molar-refractivity contribution in [3.8, 4) is 0 Å². The van der Waals surface area contributed by atoms with Gasteiger partial charge in [-0.25, -0.2) is 0 Å². The molecule has 2 aromatic carbocycles. The fourth-order valence-corrected chi connectivity index (χ4v) is 7.16. The van der Waals surface area contributed by atoms with Gasteiger partial charge < -0.3 is 10.2 Å². The Morgan fingerprint density at radius 1 is 1.19 bits per heavy atom. The van der Waals surface area contributed by atoms with Gasteiger partial charge in [-0.05, 0) is 61.7 Å². The number of rotatable bonds is 9. The van der Waals surface area contributed by atoms with Crippen LogP contribution in [-0.2, 0) is 21.5 Å². The Hall–Kier alpha value is -2.66. The molecule has 1 aromatic heterocycles. The van der Waals surface area contributed by atoms with E-state index in [0.717, 1.165) is 60.6 Å². The van der Waals surface area contributed by atoms with Crippen molar-refractivity contribution in [3.05, 3.63) is 63.6 Å². The van der Waals surface area contributed by atoms with Crippen molar-refractivity contribution >= 4 is 66.8 Å². The van der Waals surface area contributed by atoms with Crippen molar-refractivity contribution in [2.24, 2.45) is 0 Å². The summed E-state index contributed by atoms with van der Waals surface area (Å²) in [5.41, 5.74) is 5.22. The first-order valence-electron chi connectivity index (χ1n) is 12.3. The highest BCUT2D eigenvalue weighted by Crippen LogP contribution is 2.47. The zero-order valence-electron chi connectivity index (χ0n) is 21.4. The minimum Gasteiger partial charge on any atom is -0.335 e. The quantitative estimate of drug-likeness (QED) is 0.247. The van der Waals surface area contributed by atoms with E-state index in [2.05, 4.69) is 59.0 Å². The Morgan fingerprint density at radius 3 is 2.65 bits per heavy atom. The first-order chi connectivity index (χ1) is 17.6. The number of thioether (sulfide) groups is 1. The normalized spacial score (nSPS) is 15.0. The van der Waals surface area contributed by atoms with Gasteiger partial charge in [-0.3, -0.25) is 9.35 Å². The summed E-state index contributed by atoms with van der Waals surface area (Å²) in [5.74, 6) is -0.360. The number of carbonyl (C=O) groups excluding carboxylic acids is 1. The van der Waals surface area contributed by atoms with Crippen LogP contribution in [-0.4, -0.2) is 31.2 Å². The average Bonchev–Trinajstić information content (AvgIpc) is 3.34. The summed E-state index contributed by atoms with van der Waals surface area (Å²) in [7, 11) is -4.01. The van der Waals surface area contributed by atoms with E-state index in [0.29, 0.717) is 13.0 Å². The maximum atomic E-state index is 11.5. The van der Waals surface area contributed by atoms with Crippen molar-refractivity contribution in [2.75, 3.05) is 22.5 Å². The monoisotopic (exact) mass is 558 g/mol. The van der Waals surface area contributed by atoms with Gasteiger partial charge in [0.1, 0.15) is 4.70 Å². The Morgan fingerprint density at radius 2 is 1.97 bits per heavy atom. The number of benzene rings is 2. The third-order valence-electron chi connectivity index (χ3n) is 6.06. The van der Waals surface area contributed by atoms with Crippen LogP contribution >= 0.6 is 23.1 Å². The van der Waals surface area contributed by atoms with Crippen LogP contribution < -0.4 is 14.8 Å². The van der Waals surface area contributed by atoms with Gasteiger partial charge in [0.05, 0.1) is 16.5 Å². The van der Waals surface area contributed by atoms with Gasteiger partial charge in [0, 0.05) is 42.6 Å². The van der Waals surface area contributed by atoms with Gasteiger partial charge in [0.25, 0.3) is 15.1 Å². The Balaban J connectivity index is 1.70. The number of hydrogen-bond acceptors (Lipinski definition) is 6. The second kappa shape index (κ2) is 11.4. The van der Waals surface area contributed by atoms with Crippen molar-refractivity contribution < 1.29 is 22.3 Å². The van der Waals surface area contributed by atoms with Gasteiger partial charge >= 0.3 is 0 Å². The van der Waals surface area contributed by atoms with Gasteiger partial charge in [0.15, 0.2) is 6.54 Å². The zero-order valence-corrected chi connectivity index (χ0v) is 23.9. The number of aryl methyl sites for hydroxylation is 2. The number of fused-ring (bicyclic) bond motifs is 2. The first kappa shape index (κ1) is 27.4. The molecule has 0 atom stereocenters. The van der Waals surface area contributed by atoms with Crippen molar-refractivity contribution in [1.29, 1.82) is 0 Å². The lowest BCUT2D eigenvalue weighted by molar-refractivity contribution is -0.668. The number of aromatic nitrogens is 1. The van der Waals surface area contributed by atoms with Crippen molar-refractivity contribution in [1.82, 2.24) is 0 Å². The molecule has 37 heavy (non-hydrogen) atoms. The summed E-state index contributed by atoms with van der Waals surface area (Å²) in [6, 6.07) is 12.3. The molecule has 2 heterocycles. The Bertz CT molecular complexity index is 1510. The van der Waals surface area contributed by atoms with Gasteiger partial charge in [0.2, 0.25) is 11.4 Å². The topological polar surface area (TPSA) is 90.6 Å². The van der Waals surface area contributed by atoms with E-state index in [9.17, 15) is 17.8 Å². The molecule has 0 saturated carbocycles. The van der Waals surface area contributed by atoms with E-state index in [1.54, 1.807) is 23.1 Å². The standard InChI is InChI=1S/C27H31N3O4S3/c1-5-20(15-26-29(6-2)23-17-21(28-19(4)31)9-11-25(23)35-26)16-27-30(12-7-13-37(32,33)34)22-14-18(3)8-10-24(22)36-27/h8-11,14-17H,5-7,12-13H2,1-4H3,(H-,28,31,32,33,34)/p+1. The maximum Gasteiger partial charge on any atom is 0.265 e. The number of anilines is 2. The minimum atomic E-state index is -4.01. The molecule has 4 rings (SSSR count). The largest absolute Gasteiger partial charge is 0.335 e. The molecule has 1 aliphatic heterocycles. The molecule has 1 aliphatic rings. The van der Waals surface area contributed by atoms with Crippen LogP contribution in [0.2, 0.25) is 0 Å². The highest BCUT2D eigenvalue weighted by Gasteiger charge is 2.25. The van der Waals surface area contributed by atoms with Gasteiger partial charge in [-0.1, -0.05) is 36.1 Å². The lowest BCUT2D eigenvalue weighted by atomic mass is 10.2. The number of nitrogens with one attached hydrogen (secondary N) is 1. The van der Waals surface area contributed by atoms with Crippen LogP contribution in [0.3, 0.4) is 0 Å². The number of allylic oxidation sites excluding steroid dienone is 2. The molecular weight excluding hydrogens is 527 g/mol. The SMILES string of the molecule is CCC(=Cc1sc2ccc(C)cc2[n+]1CCCS(=O)(=O)O)C=C1Sc2ccc(NC(C)=O)cc2N1CC. The summed E-state index contributed by atoms with van der Waals surface area (Å²) in [4.78, 5) is 14.9. The summed E-state index contributed by atoms with van der Waals surface area (Å²) in [6.45, 7) is 9.08. The lowest BCUT2D eigenvalue weighted by Gasteiger charge is -2.19. The van der Waals surface area contributed by atoms with E-state index >= 15 is 0 Å². The molecule has 7 nitrogen and oxygen atoms in total. The zero-order chi connectivity index (χ0) is 26.7. The molecule has 0 bridgehead atoms. The second-order valence-corrected chi connectivity index (χ2v) is 12.7. The highest BCUT2D eigenvalue weighted by molar-refractivity contribution is 8.03. The van der Waals surface area contributed by atoms with E-state index in [1.807, 2.05) is 25.1 Å². The van der Waals surface area contributed by atoms with E-state index in [-0.39, 0.29) is 11.7 Å². The molecule has 10 heteroatoms. The number of amides is 1. The molecule has 0 spiro atoms. The molecule has 0 fully saturated rings. The van der Waals surface area contributed by atoms with Crippen molar-refractivity contribution in [2.45, 2.75) is 52.0 Å². The molecule has 0 unspecified atom stereocenters. The third kappa shape index (κ3) is 6.62. The highest BCUT2D eigenvalue weighted by atomic mass is 32.2. The molecule has 196 valence electrons. The van der Waals surface area contributed by atoms with Crippen LogP contribution in [0.25, 0.3) is 16.3 Å². The number of carbonyl (C=O) groups is 1. The van der Waals surface area contributed by atoms with E-state index in [1.165, 1.54) is 6.92 Å². The van der Waals surface area contributed by atoms with E-state index in [4.69, 9.17) is 0 Å². The molecule has 0 aliphatic carbocycles. The van der Waals surface area contributed by atoms with Gasteiger partial charge in [-0.2, -0.15) is 13.0 Å². The van der Waals surface area contributed by atoms with Crippen LogP contribution in [0, 0.1) is 6.92 Å². The van der Waals surface area contributed by atoms with Crippen LogP contribution in [0.1, 0.15) is 44.2 Å². The molecule has 0 radical (unpaired) electrons. The Kier molecular flexibility index (Phi) is 8.42. The Labute approximate surface area is 226 Å². The average molecular weight is 559 g/mol. The van der Waals surface area contributed by atoms with Gasteiger partial charge in [-0.15, -0.1) is 0 Å². The molecule has 0 saturated heterocycles. The molecule has 1 amide bonds. The number of thiazole rings is 1. The summed E-state index contributed by atoms with van der Waals surface area (Å²) in [6.07, 6.45) is 5.55. The number of hydrogen-bond donors (Lipinski definition) is 2. The summed E-state index contributed by atoms with van der Waals surface area (Å²) >= 11 is 3.39. The lowest BCUT2D eigenvalue weighted by Crippen LogP contribution is -2.36. The van der Waals surface area contributed by atoms with Crippen LogP contribution in [0.4, 0.5) is 11.4 Å². The smallest absolute Gasteiger partial charge is 0.265 e. The first-order valence-corrected chi connectivity index (χ1v) is 15.5. The van der Waals surface area contributed by atoms with Crippen LogP contribution in [0.15, 0.2) is 58.0 Å². The summed E-state index contributed by atoms with van der Waals surface area (Å²) < 4.78 is 35.1. The maximum absolute atomic E-state index is 11.5. The molecule has 3 aromatic rings. The molecule has 2 N–H and O–H groups in total. The van der Waals surface area contributed by atoms with Crippen molar-refractivity contribution in [3.63, 3.8) is 0 Å². The van der Waals surface area contributed by atoms with Crippen LogP contribution in [0.5, 0.6) is 0 Å². The predicted octanol–water partition coefficient (Wildman–Crippen LogP) is 6.00. The minimum absolute atomic E-state index is 0.0935.